The van der Waals surface area contributed by atoms with Crippen LogP contribution >= 0.6 is 0 Å². The van der Waals surface area contributed by atoms with Crippen LogP contribution in [-0.2, 0) is 4.79 Å². The van der Waals surface area contributed by atoms with Crippen molar-refractivity contribution < 1.29 is 13.6 Å². The Morgan fingerprint density at radius 2 is 1.57 bits per heavy atom. The first-order valence-electron chi connectivity index (χ1n) is 7.80. The molecule has 0 aromatic rings. The molecule has 21 heavy (non-hydrogen) atoms. The lowest BCUT2D eigenvalue weighted by molar-refractivity contribution is -0.119. The highest BCUT2D eigenvalue weighted by atomic mass is 19.3. The largest absolute Gasteiger partial charge is 0.300 e. The molecule has 0 rings (SSSR count). The quantitative estimate of drug-likeness (QED) is 0.460. The van der Waals surface area contributed by atoms with Gasteiger partial charge in [0, 0.05) is 18.4 Å². The zero-order chi connectivity index (χ0) is 16.3. The van der Waals surface area contributed by atoms with Crippen molar-refractivity contribution in [3.63, 3.8) is 0 Å². The van der Waals surface area contributed by atoms with Crippen LogP contribution < -0.4 is 0 Å². The second kappa shape index (κ2) is 11.4. The third-order valence-corrected chi connectivity index (χ3v) is 3.50. The van der Waals surface area contributed by atoms with Gasteiger partial charge in [0.05, 0.1) is 0 Å². The molecule has 0 amide bonds. The van der Waals surface area contributed by atoms with Crippen LogP contribution in [0.5, 0.6) is 0 Å². The molecule has 1 nitrogen and oxygen atoms in total. The number of ketones is 1. The molecule has 1 atom stereocenters. The van der Waals surface area contributed by atoms with E-state index in [1.54, 1.807) is 13.0 Å². The van der Waals surface area contributed by atoms with Crippen molar-refractivity contribution in [2.45, 2.75) is 66.2 Å². The van der Waals surface area contributed by atoms with Crippen LogP contribution in [0.4, 0.5) is 8.78 Å². The van der Waals surface area contributed by atoms with E-state index in [9.17, 15) is 13.6 Å². The summed E-state index contributed by atoms with van der Waals surface area (Å²) in [5, 5.41) is 0. The summed E-state index contributed by atoms with van der Waals surface area (Å²) in [5.74, 6) is 0.384. The van der Waals surface area contributed by atoms with Crippen LogP contribution in [0.15, 0.2) is 35.5 Å². The van der Waals surface area contributed by atoms with Gasteiger partial charge in [0.2, 0.25) is 0 Å². The second-order valence-corrected chi connectivity index (χ2v) is 5.19. The van der Waals surface area contributed by atoms with Crippen molar-refractivity contribution in [3.8, 4) is 0 Å². The van der Waals surface area contributed by atoms with Crippen LogP contribution in [0, 0.1) is 5.92 Å². The Morgan fingerprint density at radius 3 is 2.00 bits per heavy atom. The third kappa shape index (κ3) is 7.93. The van der Waals surface area contributed by atoms with Gasteiger partial charge >= 0.3 is 0 Å². The van der Waals surface area contributed by atoms with Gasteiger partial charge in [-0.25, -0.2) is 8.78 Å². The molecule has 0 fully saturated rings. The first-order chi connectivity index (χ1) is 9.99. The zero-order valence-corrected chi connectivity index (χ0v) is 13.7. The first-order valence-corrected chi connectivity index (χ1v) is 7.80. The standard InChI is InChI=1S/C18H28F2O/c1-5-9-16(13-17(21)10-6-2)14(7-3)11-12-15(8-4)18(19)20/h7-8,11-12,16,18H,5-6,9-10,13H2,1-4H3/b12-11-,14-7+,15-8+. The summed E-state index contributed by atoms with van der Waals surface area (Å²) in [6.45, 7) is 7.56. The minimum Gasteiger partial charge on any atom is -0.300 e. The molecular weight excluding hydrogens is 270 g/mol. The van der Waals surface area contributed by atoms with E-state index in [2.05, 4.69) is 6.92 Å². The minimum atomic E-state index is -2.46. The monoisotopic (exact) mass is 298 g/mol. The molecule has 0 radical (unpaired) electrons. The summed E-state index contributed by atoms with van der Waals surface area (Å²) in [5.41, 5.74) is 0.991. The van der Waals surface area contributed by atoms with Gasteiger partial charge in [-0.3, -0.25) is 4.79 Å². The number of hydrogen-bond donors (Lipinski definition) is 0. The van der Waals surface area contributed by atoms with E-state index < -0.39 is 6.43 Å². The number of carbonyl (C=O) groups is 1. The zero-order valence-electron chi connectivity index (χ0n) is 13.7. The molecule has 0 aliphatic heterocycles. The molecule has 1 unspecified atom stereocenters. The number of hydrogen-bond acceptors (Lipinski definition) is 1. The molecule has 0 heterocycles. The summed E-state index contributed by atoms with van der Waals surface area (Å²) in [6, 6.07) is 0. The lowest BCUT2D eigenvalue weighted by Crippen LogP contribution is -2.10. The highest BCUT2D eigenvalue weighted by Gasteiger charge is 2.16. The number of halogens is 2. The van der Waals surface area contributed by atoms with Crippen molar-refractivity contribution in [1.82, 2.24) is 0 Å². The summed E-state index contributed by atoms with van der Waals surface area (Å²) in [4.78, 5) is 11.9. The smallest absolute Gasteiger partial charge is 0.263 e. The van der Waals surface area contributed by atoms with Crippen molar-refractivity contribution in [3.05, 3.63) is 35.5 Å². The van der Waals surface area contributed by atoms with Crippen LogP contribution in [0.2, 0.25) is 0 Å². The van der Waals surface area contributed by atoms with E-state index in [4.69, 9.17) is 0 Å². The van der Waals surface area contributed by atoms with Gasteiger partial charge in [-0.1, -0.05) is 44.6 Å². The van der Waals surface area contributed by atoms with E-state index in [-0.39, 0.29) is 17.3 Å². The Hall–Kier alpha value is -1.25. The average molecular weight is 298 g/mol. The Labute approximate surface area is 127 Å². The predicted octanol–water partition coefficient (Wildman–Crippen LogP) is 5.88. The van der Waals surface area contributed by atoms with Gasteiger partial charge < -0.3 is 0 Å². The SMILES string of the molecule is C\C=C(/C=C\C(=C/C)C(F)F)C(CCC)CC(=O)CCC. The van der Waals surface area contributed by atoms with Gasteiger partial charge in [0.25, 0.3) is 6.43 Å². The van der Waals surface area contributed by atoms with Crippen molar-refractivity contribution in [2.75, 3.05) is 0 Å². The van der Waals surface area contributed by atoms with Gasteiger partial charge in [0.15, 0.2) is 0 Å². The fraction of sp³-hybridized carbons (Fsp3) is 0.611. The highest BCUT2D eigenvalue weighted by Crippen LogP contribution is 2.24. The summed E-state index contributed by atoms with van der Waals surface area (Å²) < 4.78 is 25.4. The molecule has 0 aromatic carbocycles. The van der Waals surface area contributed by atoms with Crippen molar-refractivity contribution >= 4 is 5.78 Å². The van der Waals surface area contributed by atoms with E-state index in [0.717, 1.165) is 24.8 Å². The first kappa shape index (κ1) is 19.8. The number of Topliss-reactive ketones (excluding diaryl/α,β-unsaturated/α-hetero) is 1. The van der Waals surface area contributed by atoms with Crippen LogP contribution in [0.1, 0.15) is 59.8 Å². The molecule has 0 saturated carbocycles. The van der Waals surface area contributed by atoms with Crippen molar-refractivity contribution in [2.24, 2.45) is 5.92 Å². The number of alkyl halides is 2. The van der Waals surface area contributed by atoms with E-state index in [0.29, 0.717) is 12.8 Å². The molecule has 0 N–H and O–H groups in total. The maximum Gasteiger partial charge on any atom is 0.263 e. The summed E-state index contributed by atoms with van der Waals surface area (Å²) in [6.07, 6.45) is 7.92. The normalized spacial score (nSPS) is 15.0. The summed E-state index contributed by atoms with van der Waals surface area (Å²) >= 11 is 0. The number of carbonyl (C=O) groups excluding carboxylic acids is 1. The number of allylic oxidation sites excluding steroid dienone is 6. The molecule has 0 saturated heterocycles. The molecule has 0 aliphatic rings. The van der Waals surface area contributed by atoms with E-state index >= 15 is 0 Å². The molecule has 0 aliphatic carbocycles. The highest BCUT2D eigenvalue weighted by molar-refractivity contribution is 5.79. The topological polar surface area (TPSA) is 17.1 Å². The fourth-order valence-corrected chi connectivity index (χ4v) is 2.35. The Kier molecular flexibility index (Phi) is 10.7. The molecule has 0 bridgehead atoms. The lowest BCUT2D eigenvalue weighted by atomic mass is 9.88. The maximum absolute atomic E-state index is 12.7. The third-order valence-electron chi connectivity index (χ3n) is 3.50. The summed E-state index contributed by atoms with van der Waals surface area (Å²) in [7, 11) is 0. The Bertz CT molecular complexity index is 392. The second-order valence-electron chi connectivity index (χ2n) is 5.19. The average Bonchev–Trinajstić information content (AvgIpc) is 2.43. The van der Waals surface area contributed by atoms with E-state index in [1.807, 2.05) is 19.9 Å². The van der Waals surface area contributed by atoms with Gasteiger partial charge in [0.1, 0.15) is 5.78 Å². The van der Waals surface area contributed by atoms with Gasteiger partial charge in [-0.15, -0.1) is 0 Å². The van der Waals surface area contributed by atoms with Gasteiger partial charge in [-0.2, -0.15) is 0 Å². The molecule has 0 aromatic heterocycles. The molecular formula is C18H28F2O. The van der Waals surface area contributed by atoms with Crippen LogP contribution in [-0.4, -0.2) is 12.2 Å². The number of rotatable bonds is 10. The van der Waals surface area contributed by atoms with Crippen molar-refractivity contribution in [1.29, 1.82) is 0 Å². The van der Waals surface area contributed by atoms with E-state index in [1.165, 1.54) is 12.2 Å². The molecule has 0 spiro atoms. The van der Waals surface area contributed by atoms with Gasteiger partial charge in [-0.05, 0) is 38.2 Å². The van der Waals surface area contributed by atoms with Crippen LogP contribution in [0.3, 0.4) is 0 Å². The van der Waals surface area contributed by atoms with Crippen LogP contribution in [0.25, 0.3) is 0 Å². The molecule has 120 valence electrons. The lowest BCUT2D eigenvalue weighted by Gasteiger charge is -2.17. The fourth-order valence-electron chi connectivity index (χ4n) is 2.35. The Balaban J connectivity index is 5.00. The predicted molar refractivity (Wildman–Crippen MR) is 85.6 cm³/mol. The Morgan fingerprint density at radius 1 is 1.00 bits per heavy atom. The molecule has 3 heteroatoms. The maximum atomic E-state index is 12.7. The minimum absolute atomic E-state index is 0.0180.